The summed E-state index contributed by atoms with van der Waals surface area (Å²) in [5.74, 6) is 0.924. The van der Waals surface area contributed by atoms with E-state index in [1.54, 1.807) is 7.11 Å². The van der Waals surface area contributed by atoms with E-state index >= 15 is 0 Å². The summed E-state index contributed by atoms with van der Waals surface area (Å²) in [5.41, 5.74) is 2.67. The molecule has 1 aromatic carbocycles. The number of rotatable bonds is 6. The van der Waals surface area contributed by atoms with Gasteiger partial charge in [0.2, 0.25) is 0 Å². The molecule has 0 N–H and O–H groups in total. The number of imidazole rings is 1. The zero-order valence-corrected chi connectivity index (χ0v) is 15.7. The molecule has 0 saturated carbocycles. The lowest BCUT2D eigenvalue weighted by Gasteiger charge is -2.23. The van der Waals surface area contributed by atoms with Crippen molar-refractivity contribution >= 4 is 0 Å². The summed E-state index contributed by atoms with van der Waals surface area (Å²) in [5, 5.41) is 0. The van der Waals surface area contributed by atoms with Gasteiger partial charge in [-0.3, -0.25) is 9.80 Å². The van der Waals surface area contributed by atoms with E-state index in [2.05, 4.69) is 45.3 Å². The third-order valence-electron chi connectivity index (χ3n) is 4.93. The second-order valence-electron chi connectivity index (χ2n) is 7.14. The number of nitrogens with zero attached hydrogens (tertiary/aromatic N) is 4. The van der Waals surface area contributed by atoms with Gasteiger partial charge in [-0.15, -0.1) is 0 Å². The molecule has 5 nitrogen and oxygen atoms in total. The molecule has 0 aliphatic carbocycles. The van der Waals surface area contributed by atoms with Crippen molar-refractivity contribution in [3.8, 4) is 5.75 Å². The van der Waals surface area contributed by atoms with E-state index < -0.39 is 0 Å². The predicted molar refractivity (Wildman–Crippen MR) is 101 cm³/mol. The number of hydrogen-bond donors (Lipinski definition) is 0. The van der Waals surface area contributed by atoms with Crippen molar-refractivity contribution in [3.05, 3.63) is 48.0 Å². The Morgan fingerprint density at radius 1 is 1.00 bits per heavy atom. The van der Waals surface area contributed by atoms with Gasteiger partial charge >= 0.3 is 0 Å². The minimum atomic E-state index is 0.469. The fourth-order valence-corrected chi connectivity index (χ4v) is 3.48. The lowest BCUT2D eigenvalue weighted by molar-refractivity contribution is 0.242. The van der Waals surface area contributed by atoms with Gasteiger partial charge in [-0.1, -0.05) is 12.1 Å². The first-order valence-electron chi connectivity index (χ1n) is 9.24. The van der Waals surface area contributed by atoms with Gasteiger partial charge in [0.1, 0.15) is 5.75 Å². The second kappa shape index (κ2) is 8.50. The number of aromatic nitrogens is 2. The summed E-state index contributed by atoms with van der Waals surface area (Å²) in [7, 11) is 1.71. The Morgan fingerprint density at radius 2 is 1.68 bits per heavy atom. The highest BCUT2D eigenvalue weighted by Crippen LogP contribution is 2.16. The maximum absolute atomic E-state index is 5.24. The molecule has 0 spiro atoms. The van der Waals surface area contributed by atoms with Crippen molar-refractivity contribution in [1.82, 2.24) is 19.4 Å². The fourth-order valence-electron chi connectivity index (χ4n) is 3.48. The van der Waals surface area contributed by atoms with E-state index in [9.17, 15) is 0 Å². The topological polar surface area (TPSA) is 33.5 Å². The van der Waals surface area contributed by atoms with Gasteiger partial charge in [0.15, 0.2) is 0 Å². The average molecular weight is 342 g/mol. The van der Waals surface area contributed by atoms with E-state index in [1.165, 1.54) is 17.7 Å². The van der Waals surface area contributed by atoms with Crippen LogP contribution in [0.2, 0.25) is 0 Å². The van der Waals surface area contributed by atoms with Gasteiger partial charge in [-0.2, -0.15) is 0 Å². The maximum Gasteiger partial charge on any atom is 0.118 e. The molecule has 0 atom stereocenters. The third kappa shape index (κ3) is 4.83. The van der Waals surface area contributed by atoms with Crippen molar-refractivity contribution in [3.63, 3.8) is 0 Å². The van der Waals surface area contributed by atoms with Gasteiger partial charge in [0.05, 0.1) is 19.1 Å². The van der Waals surface area contributed by atoms with Crippen LogP contribution in [0.25, 0.3) is 0 Å². The Labute approximate surface area is 151 Å². The van der Waals surface area contributed by atoms with Crippen LogP contribution in [0.4, 0.5) is 0 Å². The van der Waals surface area contributed by atoms with Gasteiger partial charge in [0, 0.05) is 38.4 Å². The summed E-state index contributed by atoms with van der Waals surface area (Å²) in [6.07, 6.45) is 5.18. The normalized spacial score (nSPS) is 17.0. The van der Waals surface area contributed by atoms with Crippen LogP contribution in [0.3, 0.4) is 0 Å². The molecule has 0 amide bonds. The molecule has 0 bridgehead atoms. The summed E-state index contributed by atoms with van der Waals surface area (Å²) < 4.78 is 7.52. The molecule has 1 aromatic heterocycles. The first kappa shape index (κ1) is 18.0. The smallest absolute Gasteiger partial charge is 0.118 e. The number of hydrogen-bond acceptors (Lipinski definition) is 4. The second-order valence-corrected chi connectivity index (χ2v) is 7.14. The van der Waals surface area contributed by atoms with Crippen LogP contribution in [-0.4, -0.2) is 52.6 Å². The summed E-state index contributed by atoms with van der Waals surface area (Å²) in [6, 6.07) is 8.90. The number of methoxy groups -OCH3 is 1. The summed E-state index contributed by atoms with van der Waals surface area (Å²) >= 11 is 0. The molecule has 1 aliphatic heterocycles. The molecule has 1 aliphatic rings. The zero-order valence-electron chi connectivity index (χ0n) is 15.7. The first-order valence-corrected chi connectivity index (χ1v) is 9.24. The molecule has 25 heavy (non-hydrogen) atoms. The highest BCUT2D eigenvalue weighted by Gasteiger charge is 2.17. The van der Waals surface area contributed by atoms with Gasteiger partial charge < -0.3 is 9.30 Å². The standard InChI is InChI=1S/C20H30N4O/c1-17(2)24-16-21-13-19(24)15-23-10-4-9-22(11-12-23)14-18-5-7-20(25-3)8-6-18/h5-8,13,16-17H,4,9-12,14-15H2,1-3H3. The molecule has 0 radical (unpaired) electrons. The number of benzene rings is 1. The lowest BCUT2D eigenvalue weighted by Crippen LogP contribution is -2.31. The predicted octanol–water partition coefficient (Wildman–Crippen LogP) is 3.18. The van der Waals surface area contributed by atoms with Crippen molar-refractivity contribution in [2.45, 2.75) is 39.4 Å². The van der Waals surface area contributed by atoms with Crippen LogP contribution in [-0.2, 0) is 13.1 Å². The van der Waals surface area contributed by atoms with Crippen LogP contribution < -0.4 is 4.74 Å². The molecule has 0 unspecified atom stereocenters. The van der Waals surface area contributed by atoms with Crippen molar-refractivity contribution in [2.75, 3.05) is 33.3 Å². The van der Waals surface area contributed by atoms with E-state index in [-0.39, 0.29) is 0 Å². The van der Waals surface area contributed by atoms with Crippen LogP contribution in [0, 0.1) is 0 Å². The Hall–Kier alpha value is -1.85. The molecule has 3 rings (SSSR count). The van der Waals surface area contributed by atoms with Crippen molar-refractivity contribution in [2.24, 2.45) is 0 Å². The van der Waals surface area contributed by atoms with E-state index in [0.29, 0.717) is 6.04 Å². The Morgan fingerprint density at radius 3 is 2.32 bits per heavy atom. The zero-order chi connectivity index (χ0) is 17.6. The monoisotopic (exact) mass is 342 g/mol. The van der Waals surface area contributed by atoms with Gasteiger partial charge in [0.25, 0.3) is 0 Å². The third-order valence-corrected chi connectivity index (χ3v) is 4.93. The summed E-state index contributed by atoms with van der Waals surface area (Å²) in [6.45, 7) is 11.0. The molecular weight excluding hydrogens is 312 g/mol. The highest BCUT2D eigenvalue weighted by atomic mass is 16.5. The molecule has 1 saturated heterocycles. The minimum Gasteiger partial charge on any atom is -0.497 e. The van der Waals surface area contributed by atoms with Crippen LogP contribution in [0.1, 0.15) is 37.6 Å². The molecule has 2 aromatic rings. The Bertz CT molecular complexity index is 650. The fraction of sp³-hybridized carbons (Fsp3) is 0.550. The molecule has 1 fully saturated rings. The van der Waals surface area contributed by atoms with E-state index in [0.717, 1.165) is 45.0 Å². The maximum atomic E-state index is 5.24. The molecule has 5 heteroatoms. The Balaban J connectivity index is 1.54. The molecule has 136 valence electrons. The lowest BCUT2D eigenvalue weighted by atomic mass is 10.2. The minimum absolute atomic E-state index is 0.469. The van der Waals surface area contributed by atoms with Crippen LogP contribution in [0.15, 0.2) is 36.8 Å². The first-order chi connectivity index (χ1) is 12.2. The molecular formula is C20H30N4O. The van der Waals surface area contributed by atoms with Gasteiger partial charge in [-0.05, 0) is 51.1 Å². The molecule has 2 heterocycles. The highest BCUT2D eigenvalue weighted by molar-refractivity contribution is 5.27. The van der Waals surface area contributed by atoms with Gasteiger partial charge in [-0.25, -0.2) is 4.98 Å². The SMILES string of the molecule is COc1ccc(CN2CCCN(Cc3cncn3C(C)C)CC2)cc1. The Kier molecular flexibility index (Phi) is 6.10. The quantitative estimate of drug-likeness (QED) is 0.807. The number of ether oxygens (including phenoxy) is 1. The van der Waals surface area contributed by atoms with Crippen molar-refractivity contribution in [1.29, 1.82) is 0 Å². The van der Waals surface area contributed by atoms with Crippen LogP contribution in [0.5, 0.6) is 5.75 Å². The van der Waals surface area contributed by atoms with Crippen LogP contribution >= 0.6 is 0 Å². The average Bonchev–Trinajstić information content (AvgIpc) is 2.97. The van der Waals surface area contributed by atoms with E-state index in [4.69, 9.17) is 4.74 Å². The summed E-state index contributed by atoms with van der Waals surface area (Å²) in [4.78, 5) is 9.45. The van der Waals surface area contributed by atoms with Crippen molar-refractivity contribution < 1.29 is 4.74 Å². The largest absolute Gasteiger partial charge is 0.497 e. The van der Waals surface area contributed by atoms with E-state index in [1.807, 2.05) is 24.7 Å².